The minimum Gasteiger partial charge on any atom is -0.381 e. The second-order valence-corrected chi connectivity index (χ2v) is 5.57. The van der Waals surface area contributed by atoms with E-state index in [0.29, 0.717) is 12.1 Å². The Labute approximate surface area is 99.3 Å². The zero-order valence-electron chi connectivity index (χ0n) is 10.7. The summed E-state index contributed by atoms with van der Waals surface area (Å²) in [6, 6.07) is 0.708. The molecule has 3 atom stereocenters. The molecule has 1 aliphatic carbocycles. The maximum atomic E-state index is 6.10. The summed E-state index contributed by atoms with van der Waals surface area (Å²) in [6.45, 7) is 4.37. The first-order valence-electron chi connectivity index (χ1n) is 6.71. The van der Waals surface area contributed by atoms with Crippen molar-refractivity contribution in [1.29, 1.82) is 0 Å². The standard InChI is InChI=1S/C13H26N2O/c1-11-5-4-8-15(11)13(10-14)7-3-6-12(9-13)16-2/h11-12H,3-10,14H2,1-2H3. The topological polar surface area (TPSA) is 38.5 Å². The number of nitrogens with zero attached hydrogens (tertiary/aromatic N) is 1. The van der Waals surface area contributed by atoms with E-state index < -0.39 is 0 Å². The van der Waals surface area contributed by atoms with Crippen LogP contribution in [0.1, 0.15) is 45.4 Å². The predicted octanol–water partition coefficient (Wildman–Crippen LogP) is 1.76. The average molecular weight is 226 g/mol. The third-order valence-electron chi connectivity index (χ3n) is 4.65. The zero-order chi connectivity index (χ0) is 11.6. The Morgan fingerprint density at radius 3 is 2.75 bits per heavy atom. The highest BCUT2D eigenvalue weighted by Gasteiger charge is 2.43. The van der Waals surface area contributed by atoms with E-state index in [9.17, 15) is 0 Å². The number of hydrogen-bond acceptors (Lipinski definition) is 3. The number of nitrogens with two attached hydrogens (primary N) is 1. The van der Waals surface area contributed by atoms with E-state index in [1.54, 1.807) is 0 Å². The number of ether oxygens (including phenoxy) is 1. The van der Waals surface area contributed by atoms with E-state index in [0.717, 1.165) is 13.0 Å². The van der Waals surface area contributed by atoms with Crippen LogP contribution in [0.2, 0.25) is 0 Å². The van der Waals surface area contributed by atoms with Crippen molar-refractivity contribution in [2.45, 2.75) is 63.1 Å². The second kappa shape index (κ2) is 5.03. The molecule has 2 rings (SSSR count). The Bertz CT molecular complexity index is 234. The molecule has 0 bridgehead atoms. The molecule has 16 heavy (non-hydrogen) atoms. The highest BCUT2D eigenvalue weighted by molar-refractivity contribution is 5.00. The molecule has 0 spiro atoms. The molecule has 1 saturated carbocycles. The summed E-state index contributed by atoms with van der Waals surface area (Å²) >= 11 is 0. The maximum Gasteiger partial charge on any atom is 0.0589 e. The average Bonchev–Trinajstić information content (AvgIpc) is 2.76. The number of rotatable bonds is 3. The molecular weight excluding hydrogens is 200 g/mol. The van der Waals surface area contributed by atoms with Crippen LogP contribution in [0.5, 0.6) is 0 Å². The normalized spacial score (nSPS) is 41.4. The summed E-state index contributed by atoms with van der Waals surface area (Å²) in [5, 5.41) is 0. The van der Waals surface area contributed by atoms with Gasteiger partial charge < -0.3 is 10.5 Å². The van der Waals surface area contributed by atoms with Crippen molar-refractivity contribution in [2.75, 3.05) is 20.2 Å². The molecule has 0 radical (unpaired) electrons. The minimum atomic E-state index is 0.231. The van der Waals surface area contributed by atoms with Gasteiger partial charge in [-0.2, -0.15) is 0 Å². The molecule has 3 heteroatoms. The van der Waals surface area contributed by atoms with E-state index in [1.165, 1.54) is 38.6 Å². The van der Waals surface area contributed by atoms with Crippen molar-refractivity contribution in [3.63, 3.8) is 0 Å². The lowest BCUT2D eigenvalue weighted by atomic mass is 9.78. The molecule has 0 aromatic heterocycles. The van der Waals surface area contributed by atoms with Gasteiger partial charge in [0.05, 0.1) is 6.10 Å². The van der Waals surface area contributed by atoms with Gasteiger partial charge in [-0.15, -0.1) is 0 Å². The fourth-order valence-corrected chi connectivity index (χ4v) is 3.69. The minimum absolute atomic E-state index is 0.231. The fraction of sp³-hybridized carbons (Fsp3) is 1.00. The molecule has 0 amide bonds. The summed E-state index contributed by atoms with van der Waals surface area (Å²) in [5.41, 5.74) is 6.33. The molecule has 1 aliphatic heterocycles. The van der Waals surface area contributed by atoms with Gasteiger partial charge in [-0.3, -0.25) is 4.90 Å². The van der Waals surface area contributed by atoms with Gasteiger partial charge in [-0.05, 0) is 52.0 Å². The highest BCUT2D eigenvalue weighted by atomic mass is 16.5. The molecule has 0 aromatic carbocycles. The van der Waals surface area contributed by atoms with E-state index in [4.69, 9.17) is 10.5 Å². The molecule has 2 fully saturated rings. The predicted molar refractivity (Wildman–Crippen MR) is 66.5 cm³/mol. The van der Waals surface area contributed by atoms with Crippen molar-refractivity contribution in [3.05, 3.63) is 0 Å². The Hall–Kier alpha value is -0.120. The van der Waals surface area contributed by atoms with Crippen LogP contribution in [0.25, 0.3) is 0 Å². The van der Waals surface area contributed by atoms with E-state index in [-0.39, 0.29) is 5.54 Å². The molecule has 94 valence electrons. The van der Waals surface area contributed by atoms with Gasteiger partial charge in [0.15, 0.2) is 0 Å². The van der Waals surface area contributed by atoms with Crippen LogP contribution in [0.4, 0.5) is 0 Å². The molecule has 2 N–H and O–H groups in total. The Morgan fingerprint density at radius 2 is 2.19 bits per heavy atom. The lowest BCUT2D eigenvalue weighted by Crippen LogP contribution is -2.58. The summed E-state index contributed by atoms with van der Waals surface area (Å²) in [4.78, 5) is 2.66. The lowest BCUT2D eigenvalue weighted by molar-refractivity contribution is -0.0249. The Morgan fingerprint density at radius 1 is 1.38 bits per heavy atom. The van der Waals surface area contributed by atoms with E-state index in [1.807, 2.05) is 7.11 Å². The van der Waals surface area contributed by atoms with Crippen LogP contribution in [0.15, 0.2) is 0 Å². The first kappa shape index (κ1) is 12.3. The quantitative estimate of drug-likeness (QED) is 0.797. The van der Waals surface area contributed by atoms with Gasteiger partial charge in [0.25, 0.3) is 0 Å². The van der Waals surface area contributed by atoms with Crippen molar-refractivity contribution in [1.82, 2.24) is 4.90 Å². The largest absolute Gasteiger partial charge is 0.381 e. The fourth-order valence-electron chi connectivity index (χ4n) is 3.69. The van der Waals surface area contributed by atoms with Crippen LogP contribution in [-0.4, -0.2) is 42.8 Å². The first-order valence-corrected chi connectivity index (χ1v) is 6.71. The molecule has 1 saturated heterocycles. The van der Waals surface area contributed by atoms with Crippen molar-refractivity contribution in [3.8, 4) is 0 Å². The summed E-state index contributed by atoms with van der Waals surface area (Å²) < 4.78 is 5.56. The van der Waals surface area contributed by atoms with Crippen LogP contribution in [0, 0.1) is 0 Å². The molecule has 1 heterocycles. The number of likely N-dealkylation sites (tertiary alicyclic amines) is 1. The molecule has 3 unspecified atom stereocenters. The van der Waals surface area contributed by atoms with Gasteiger partial charge in [0.2, 0.25) is 0 Å². The van der Waals surface area contributed by atoms with Crippen LogP contribution in [-0.2, 0) is 4.74 Å². The Kier molecular flexibility index (Phi) is 3.88. The van der Waals surface area contributed by atoms with Gasteiger partial charge in [-0.25, -0.2) is 0 Å². The Balaban J connectivity index is 2.11. The van der Waals surface area contributed by atoms with Crippen LogP contribution < -0.4 is 5.73 Å². The van der Waals surface area contributed by atoms with Crippen molar-refractivity contribution >= 4 is 0 Å². The van der Waals surface area contributed by atoms with Crippen LogP contribution >= 0.6 is 0 Å². The highest BCUT2D eigenvalue weighted by Crippen LogP contribution is 2.38. The third kappa shape index (κ3) is 2.13. The maximum absolute atomic E-state index is 6.10. The van der Waals surface area contributed by atoms with E-state index >= 15 is 0 Å². The third-order valence-corrected chi connectivity index (χ3v) is 4.65. The monoisotopic (exact) mass is 226 g/mol. The SMILES string of the molecule is COC1CCCC(CN)(N2CCCC2C)C1. The number of methoxy groups -OCH3 is 1. The molecule has 3 nitrogen and oxygen atoms in total. The van der Waals surface area contributed by atoms with Crippen molar-refractivity contribution < 1.29 is 4.74 Å². The lowest BCUT2D eigenvalue weighted by Gasteiger charge is -2.48. The zero-order valence-corrected chi connectivity index (χ0v) is 10.7. The summed E-state index contributed by atoms with van der Waals surface area (Å²) in [6.07, 6.45) is 7.95. The number of hydrogen-bond donors (Lipinski definition) is 1. The molecular formula is C13H26N2O. The van der Waals surface area contributed by atoms with Crippen molar-refractivity contribution in [2.24, 2.45) is 5.73 Å². The van der Waals surface area contributed by atoms with Gasteiger partial charge in [-0.1, -0.05) is 0 Å². The van der Waals surface area contributed by atoms with Gasteiger partial charge in [0, 0.05) is 25.2 Å². The second-order valence-electron chi connectivity index (χ2n) is 5.57. The molecule has 2 aliphatic rings. The molecule has 0 aromatic rings. The first-order chi connectivity index (χ1) is 7.72. The van der Waals surface area contributed by atoms with Gasteiger partial charge in [0.1, 0.15) is 0 Å². The smallest absolute Gasteiger partial charge is 0.0589 e. The van der Waals surface area contributed by atoms with Crippen LogP contribution in [0.3, 0.4) is 0 Å². The summed E-state index contributed by atoms with van der Waals surface area (Å²) in [7, 11) is 1.84. The summed E-state index contributed by atoms with van der Waals surface area (Å²) in [5.74, 6) is 0. The van der Waals surface area contributed by atoms with E-state index in [2.05, 4.69) is 11.8 Å². The van der Waals surface area contributed by atoms with Gasteiger partial charge >= 0.3 is 0 Å².